The molecule has 0 saturated carbocycles. The van der Waals surface area contributed by atoms with Crippen molar-refractivity contribution in [1.82, 2.24) is 20.4 Å². The smallest absolute Gasteiger partial charge is 0.191 e. The fourth-order valence-electron chi connectivity index (χ4n) is 2.51. The van der Waals surface area contributed by atoms with Crippen LogP contribution >= 0.6 is 24.0 Å². The molecular weight excluding hydrogens is 425 g/mol. The van der Waals surface area contributed by atoms with E-state index in [-0.39, 0.29) is 24.0 Å². The van der Waals surface area contributed by atoms with E-state index in [0.717, 1.165) is 43.3 Å². The minimum Gasteiger partial charge on any atom is -0.357 e. The molecule has 0 fully saturated rings. The van der Waals surface area contributed by atoms with Gasteiger partial charge in [0.2, 0.25) is 0 Å². The molecule has 1 heterocycles. The molecule has 1 aromatic carbocycles. The lowest BCUT2D eigenvalue weighted by Crippen LogP contribution is -2.41. The molecule has 25 heavy (non-hydrogen) atoms. The van der Waals surface area contributed by atoms with E-state index in [0.29, 0.717) is 6.04 Å². The molecule has 0 spiro atoms. The van der Waals surface area contributed by atoms with Gasteiger partial charge in [-0.15, -0.1) is 24.0 Å². The van der Waals surface area contributed by atoms with Crippen LogP contribution in [0, 0.1) is 6.92 Å². The molecule has 2 N–H and O–H groups in total. The zero-order valence-corrected chi connectivity index (χ0v) is 18.0. The fourth-order valence-corrected chi connectivity index (χ4v) is 2.51. The fraction of sp³-hybridized carbons (Fsp3) is 0.474. The first-order valence-electron chi connectivity index (χ1n) is 8.75. The first kappa shape index (κ1) is 21.5. The molecule has 0 amide bonds. The van der Waals surface area contributed by atoms with Gasteiger partial charge in [-0.25, -0.2) is 4.68 Å². The number of rotatable bonds is 7. The van der Waals surface area contributed by atoms with E-state index < -0.39 is 0 Å². The van der Waals surface area contributed by atoms with Gasteiger partial charge in [0.05, 0.1) is 11.4 Å². The highest BCUT2D eigenvalue weighted by Crippen LogP contribution is 2.13. The van der Waals surface area contributed by atoms with Gasteiger partial charge < -0.3 is 10.6 Å². The highest BCUT2D eigenvalue weighted by Gasteiger charge is 2.06. The largest absolute Gasteiger partial charge is 0.357 e. The SMILES string of the molecule is CCNC(=NCCCc1cn(-c2ccccc2)nc1C)NC(C)C.I. The Morgan fingerprint density at radius 1 is 1.24 bits per heavy atom. The Balaban J connectivity index is 0.00000312. The van der Waals surface area contributed by atoms with Crippen LogP contribution in [0.1, 0.15) is 38.4 Å². The molecule has 138 valence electrons. The van der Waals surface area contributed by atoms with Crippen LogP contribution in [0.5, 0.6) is 0 Å². The molecular formula is C19H30IN5. The van der Waals surface area contributed by atoms with E-state index in [2.05, 4.69) is 66.7 Å². The molecule has 1 aromatic heterocycles. The Labute approximate surface area is 168 Å². The molecule has 0 radical (unpaired) electrons. The first-order valence-corrected chi connectivity index (χ1v) is 8.75. The molecule has 0 bridgehead atoms. The van der Waals surface area contributed by atoms with Crippen molar-refractivity contribution in [2.24, 2.45) is 4.99 Å². The number of halogens is 1. The molecule has 2 rings (SSSR count). The van der Waals surface area contributed by atoms with Crippen LogP contribution in [0.3, 0.4) is 0 Å². The van der Waals surface area contributed by atoms with Gasteiger partial charge >= 0.3 is 0 Å². The maximum absolute atomic E-state index is 4.63. The quantitative estimate of drug-likeness (QED) is 0.290. The van der Waals surface area contributed by atoms with Gasteiger partial charge in [-0.05, 0) is 58.2 Å². The molecule has 2 aromatic rings. The van der Waals surface area contributed by atoms with Crippen molar-refractivity contribution in [2.45, 2.75) is 46.6 Å². The number of guanidine groups is 1. The van der Waals surface area contributed by atoms with Crippen LogP contribution in [-0.2, 0) is 6.42 Å². The minimum absolute atomic E-state index is 0. The second-order valence-electron chi connectivity index (χ2n) is 6.18. The van der Waals surface area contributed by atoms with E-state index in [1.165, 1.54) is 5.56 Å². The van der Waals surface area contributed by atoms with Crippen LogP contribution in [0.25, 0.3) is 5.69 Å². The topological polar surface area (TPSA) is 54.2 Å². The summed E-state index contributed by atoms with van der Waals surface area (Å²) in [7, 11) is 0. The Bertz CT molecular complexity index is 649. The van der Waals surface area contributed by atoms with Gasteiger partial charge in [-0.3, -0.25) is 4.99 Å². The van der Waals surface area contributed by atoms with Crippen molar-refractivity contribution >= 4 is 29.9 Å². The number of hydrogen-bond donors (Lipinski definition) is 2. The lowest BCUT2D eigenvalue weighted by Gasteiger charge is -2.13. The Hall–Kier alpha value is -1.57. The number of aryl methyl sites for hydroxylation is 2. The lowest BCUT2D eigenvalue weighted by atomic mass is 10.1. The number of benzene rings is 1. The third kappa shape index (κ3) is 7.05. The predicted molar refractivity (Wildman–Crippen MR) is 116 cm³/mol. The summed E-state index contributed by atoms with van der Waals surface area (Å²) in [6, 6.07) is 10.6. The number of para-hydroxylation sites is 1. The summed E-state index contributed by atoms with van der Waals surface area (Å²) in [5.41, 5.74) is 3.48. The molecule has 6 heteroatoms. The maximum Gasteiger partial charge on any atom is 0.191 e. The van der Waals surface area contributed by atoms with Crippen molar-refractivity contribution in [3.05, 3.63) is 47.8 Å². The van der Waals surface area contributed by atoms with Gasteiger partial charge in [0.15, 0.2) is 5.96 Å². The number of aliphatic imine (C=N–C) groups is 1. The first-order chi connectivity index (χ1) is 11.6. The normalized spacial score (nSPS) is 11.3. The van der Waals surface area contributed by atoms with Crippen molar-refractivity contribution in [3.8, 4) is 5.69 Å². The Morgan fingerprint density at radius 3 is 2.60 bits per heavy atom. The zero-order valence-electron chi connectivity index (χ0n) is 15.6. The minimum atomic E-state index is 0. The van der Waals surface area contributed by atoms with E-state index in [9.17, 15) is 0 Å². The summed E-state index contributed by atoms with van der Waals surface area (Å²) in [5, 5.41) is 11.2. The van der Waals surface area contributed by atoms with Crippen LogP contribution in [-0.4, -0.2) is 34.9 Å². The number of nitrogens with one attached hydrogen (secondary N) is 2. The lowest BCUT2D eigenvalue weighted by molar-refractivity contribution is 0.696. The Kier molecular flexibility index (Phi) is 9.55. The van der Waals surface area contributed by atoms with Crippen molar-refractivity contribution in [1.29, 1.82) is 0 Å². The molecule has 5 nitrogen and oxygen atoms in total. The summed E-state index contributed by atoms with van der Waals surface area (Å²) in [4.78, 5) is 4.63. The maximum atomic E-state index is 4.63. The van der Waals surface area contributed by atoms with Gasteiger partial charge in [-0.1, -0.05) is 18.2 Å². The summed E-state index contributed by atoms with van der Waals surface area (Å²) in [6.07, 6.45) is 4.13. The number of hydrogen-bond acceptors (Lipinski definition) is 2. The molecule has 0 unspecified atom stereocenters. The van der Waals surface area contributed by atoms with Crippen LogP contribution < -0.4 is 10.6 Å². The van der Waals surface area contributed by atoms with Crippen LogP contribution in [0.2, 0.25) is 0 Å². The summed E-state index contributed by atoms with van der Waals surface area (Å²) in [5.74, 6) is 0.893. The third-order valence-electron chi connectivity index (χ3n) is 3.67. The highest BCUT2D eigenvalue weighted by atomic mass is 127. The summed E-state index contributed by atoms with van der Waals surface area (Å²) < 4.78 is 1.96. The molecule has 0 atom stereocenters. The van der Waals surface area contributed by atoms with Crippen molar-refractivity contribution in [2.75, 3.05) is 13.1 Å². The van der Waals surface area contributed by atoms with E-state index in [1.54, 1.807) is 0 Å². The van der Waals surface area contributed by atoms with Crippen molar-refractivity contribution < 1.29 is 0 Å². The summed E-state index contributed by atoms with van der Waals surface area (Å²) in [6.45, 7) is 10.1. The average molecular weight is 455 g/mol. The average Bonchev–Trinajstić information content (AvgIpc) is 2.93. The van der Waals surface area contributed by atoms with E-state index in [1.807, 2.05) is 22.9 Å². The molecule has 0 aliphatic heterocycles. The monoisotopic (exact) mass is 455 g/mol. The van der Waals surface area contributed by atoms with Crippen LogP contribution in [0.4, 0.5) is 0 Å². The van der Waals surface area contributed by atoms with E-state index >= 15 is 0 Å². The summed E-state index contributed by atoms with van der Waals surface area (Å²) >= 11 is 0. The Morgan fingerprint density at radius 2 is 1.96 bits per heavy atom. The molecule has 0 saturated heterocycles. The van der Waals surface area contributed by atoms with Gasteiger partial charge in [0.25, 0.3) is 0 Å². The molecule has 0 aliphatic rings. The number of nitrogens with zero attached hydrogens (tertiary/aromatic N) is 3. The second-order valence-corrected chi connectivity index (χ2v) is 6.18. The number of aromatic nitrogens is 2. The van der Waals surface area contributed by atoms with Gasteiger partial charge in [-0.2, -0.15) is 5.10 Å². The second kappa shape index (κ2) is 11.1. The standard InChI is InChI=1S/C19H29N5.HI/c1-5-20-19(22-15(2)3)21-13-9-10-17-14-24(23-16(17)4)18-11-7-6-8-12-18;/h6-8,11-12,14-15H,5,9-10,13H2,1-4H3,(H2,20,21,22);1H. The van der Waals surface area contributed by atoms with E-state index in [4.69, 9.17) is 0 Å². The van der Waals surface area contributed by atoms with Gasteiger partial charge in [0, 0.05) is 25.3 Å². The van der Waals surface area contributed by atoms with Crippen LogP contribution in [0.15, 0.2) is 41.5 Å². The molecule has 0 aliphatic carbocycles. The van der Waals surface area contributed by atoms with Crippen molar-refractivity contribution in [3.63, 3.8) is 0 Å². The zero-order chi connectivity index (χ0) is 17.4. The third-order valence-corrected chi connectivity index (χ3v) is 3.67. The highest BCUT2D eigenvalue weighted by molar-refractivity contribution is 14.0. The predicted octanol–water partition coefficient (Wildman–Crippen LogP) is 3.69. The van der Waals surface area contributed by atoms with Gasteiger partial charge in [0.1, 0.15) is 0 Å².